The molecule has 1 aromatic heterocycles. The number of fused-ring (bicyclic) bond motifs is 2. The highest BCUT2D eigenvalue weighted by Crippen LogP contribution is 2.38. The number of anilines is 2. The molecule has 2 atom stereocenters. The van der Waals surface area contributed by atoms with Crippen molar-refractivity contribution in [2.45, 2.75) is 38.6 Å². The summed E-state index contributed by atoms with van der Waals surface area (Å²) < 4.78 is 11.4. The number of aromatic nitrogens is 2. The van der Waals surface area contributed by atoms with Gasteiger partial charge in [0, 0.05) is 18.9 Å². The number of ether oxygens (including phenoxy) is 2. The molecule has 184 valence electrons. The Balaban J connectivity index is 1.43. The molecule has 2 aliphatic rings. The van der Waals surface area contributed by atoms with Crippen LogP contribution in [-0.2, 0) is 11.3 Å². The first-order valence-electron chi connectivity index (χ1n) is 12.0. The molecule has 9 nitrogen and oxygen atoms in total. The molecule has 3 N–H and O–H groups in total. The minimum absolute atomic E-state index is 0.161. The van der Waals surface area contributed by atoms with Crippen LogP contribution < -0.4 is 25.7 Å². The highest BCUT2D eigenvalue weighted by atomic mass is 16.5. The second-order valence-corrected chi connectivity index (χ2v) is 9.26. The number of carbonyl (C=O) groups excluding carboxylic acids is 1. The van der Waals surface area contributed by atoms with Crippen molar-refractivity contribution in [1.82, 2.24) is 9.97 Å². The fourth-order valence-electron chi connectivity index (χ4n) is 4.55. The number of nitrogens with one attached hydrogen (secondary N) is 3. The molecule has 0 spiro atoms. The summed E-state index contributed by atoms with van der Waals surface area (Å²) in [6, 6.07) is 15.4. The van der Waals surface area contributed by atoms with Crippen LogP contribution in [-0.4, -0.2) is 29.1 Å². The number of H-pyrrole nitrogens is 1. The van der Waals surface area contributed by atoms with E-state index in [1.54, 1.807) is 0 Å². The van der Waals surface area contributed by atoms with Gasteiger partial charge in [-0.05, 0) is 34.7 Å². The van der Waals surface area contributed by atoms with Gasteiger partial charge in [0.15, 0.2) is 11.5 Å². The van der Waals surface area contributed by atoms with Crippen LogP contribution in [0.15, 0.2) is 47.3 Å². The van der Waals surface area contributed by atoms with Gasteiger partial charge in [0.25, 0.3) is 5.56 Å². The lowest BCUT2D eigenvalue weighted by molar-refractivity contribution is -0.119. The van der Waals surface area contributed by atoms with E-state index < -0.39 is 23.3 Å². The van der Waals surface area contributed by atoms with Crippen LogP contribution in [0.5, 0.6) is 11.5 Å². The number of benzene rings is 2. The van der Waals surface area contributed by atoms with E-state index >= 15 is 0 Å². The van der Waals surface area contributed by atoms with Gasteiger partial charge in [-0.2, -0.15) is 10.2 Å². The number of carbonyl (C=O) groups is 1. The second kappa shape index (κ2) is 9.74. The number of hydrogen-bond donors (Lipinski definition) is 3. The van der Waals surface area contributed by atoms with Crippen molar-refractivity contribution in [3.05, 3.63) is 75.1 Å². The minimum atomic E-state index is -1.04. The van der Waals surface area contributed by atoms with Crippen LogP contribution in [0.3, 0.4) is 0 Å². The normalized spacial score (nSPS) is 18.6. The van der Waals surface area contributed by atoms with Gasteiger partial charge in [-0.25, -0.2) is 0 Å². The van der Waals surface area contributed by atoms with E-state index in [2.05, 4.69) is 40.5 Å². The van der Waals surface area contributed by atoms with Crippen LogP contribution in [0.1, 0.15) is 54.4 Å². The van der Waals surface area contributed by atoms with Crippen LogP contribution in [0, 0.1) is 17.2 Å². The van der Waals surface area contributed by atoms with Gasteiger partial charge in [0.2, 0.25) is 11.9 Å². The Bertz CT molecular complexity index is 1390. The Morgan fingerprint density at radius 2 is 1.86 bits per heavy atom. The van der Waals surface area contributed by atoms with Crippen molar-refractivity contribution >= 4 is 17.7 Å². The lowest BCUT2D eigenvalue weighted by Gasteiger charge is -2.28. The highest BCUT2D eigenvalue weighted by molar-refractivity contribution is 5.97. The molecule has 0 bridgehead atoms. The van der Waals surface area contributed by atoms with Crippen molar-refractivity contribution in [2.75, 3.05) is 23.8 Å². The molecule has 3 heterocycles. The summed E-state index contributed by atoms with van der Waals surface area (Å²) in [6.07, 6.45) is 0.823. The topological polar surface area (TPSA) is 129 Å². The van der Waals surface area contributed by atoms with E-state index in [1.807, 2.05) is 42.5 Å². The average molecular weight is 486 g/mol. The predicted molar refractivity (Wildman–Crippen MR) is 134 cm³/mol. The Kier molecular flexibility index (Phi) is 6.34. The van der Waals surface area contributed by atoms with Crippen LogP contribution in [0.2, 0.25) is 0 Å². The Hall–Kier alpha value is -4.32. The molecule has 3 aromatic rings. The number of nitriles is 1. The fourth-order valence-corrected chi connectivity index (χ4v) is 4.55. The smallest absolute Gasteiger partial charge is 0.258 e. The third kappa shape index (κ3) is 4.50. The summed E-state index contributed by atoms with van der Waals surface area (Å²) in [6.45, 7) is 5.76. The van der Waals surface area contributed by atoms with Gasteiger partial charge < -0.3 is 20.1 Å². The van der Waals surface area contributed by atoms with Crippen LogP contribution in [0.25, 0.3) is 0 Å². The molecular formula is C27H27N5O4. The summed E-state index contributed by atoms with van der Waals surface area (Å²) >= 11 is 0. The van der Waals surface area contributed by atoms with E-state index in [-0.39, 0.29) is 17.3 Å². The molecule has 2 aromatic carbocycles. The number of nitrogens with zero attached hydrogens (tertiary/aromatic N) is 2. The zero-order chi connectivity index (χ0) is 25.2. The molecule has 0 saturated heterocycles. The molecule has 0 fully saturated rings. The molecule has 9 heteroatoms. The van der Waals surface area contributed by atoms with E-state index in [0.717, 1.165) is 23.1 Å². The highest BCUT2D eigenvalue weighted by Gasteiger charge is 2.40. The summed E-state index contributed by atoms with van der Waals surface area (Å²) in [5, 5.41) is 15.5. The molecular weight excluding hydrogens is 458 g/mol. The molecule has 1 amide bonds. The Morgan fingerprint density at radius 1 is 1.11 bits per heavy atom. The molecule has 0 saturated carbocycles. The maximum atomic E-state index is 13.2. The number of amides is 1. The fraction of sp³-hybridized carbons (Fsp3) is 0.333. The molecule has 2 unspecified atom stereocenters. The van der Waals surface area contributed by atoms with Gasteiger partial charge in [0.05, 0.1) is 24.8 Å². The minimum Gasteiger partial charge on any atom is -0.490 e. The standard InChI is InChI=1S/C27H27N5O4/c1-15(2)17-5-7-18(8-6-17)22-19(13-28)25(33)30-24-23(22)26(34)32-27(31-24)29-14-16-4-9-20-21(12-16)36-11-3-10-35-20/h4-9,12,15,19,22H,3,10-11,14H2,1-2H3,(H3,29,30,31,32,33,34). The van der Waals surface area contributed by atoms with Crippen LogP contribution >= 0.6 is 0 Å². The maximum absolute atomic E-state index is 13.2. The predicted octanol–water partition coefficient (Wildman–Crippen LogP) is 3.89. The average Bonchev–Trinajstić information content (AvgIpc) is 3.11. The van der Waals surface area contributed by atoms with E-state index in [1.165, 1.54) is 0 Å². The number of aromatic amines is 1. The third-order valence-corrected chi connectivity index (χ3v) is 6.50. The number of hydrogen-bond acceptors (Lipinski definition) is 7. The van der Waals surface area contributed by atoms with Gasteiger partial charge in [-0.1, -0.05) is 44.2 Å². The molecule has 36 heavy (non-hydrogen) atoms. The van der Waals surface area contributed by atoms with E-state index in [9.17, 15) is 14.9 Å². The molecule has 0 aliphatic carbocycles. The largest absolute Gasteiger partial charge is 0.490 e. The first kappa shape index (κ1) is 23.4. The summed E-state index contributed by atoms with van der Waals surface area (Å²) in [7, 11) is 0. The van der Waals surface area contributed by atoms with Gasteiger partial charge in [-0.3, -0.25) is 14.6 Å². The van der Waals surface area contributed by atoms with Gasteiger partial charge >= 0.3 is 0 Å². The van der Waals surface area contributed by atoms with Crippen molar-refractivity contribution in [2.24, 2.45) is 5.92 Å². The number of rotatable bonds is 5. The zero-order valence-electron chi connectivity index (χ0n) is 20.1. The van der Waals surface area contributed by atoms with Gasteiger partial charge in [-0.15, -0.1) is 0 Å². The molecule has 0 radical (unpaired) electrons. The molecule has 2 aliphatic heterocycles. The van der Waals surface area contributed by atoms with Crippen molar-refractivity contribution < 1.29 is 14.3 Å². The zero-order valence-corrected chi connectivity index (χ0v) is 20.1. The Labute approximate surface area is 208 Å². The van der Waals surface area contributed by atoms with Crippen molar-refractivity contribution in [1.29, 1.82) is 5.26 Å². The first-order chi connectivity index (χ1) is 17.4. The summed E-state index contributed by atoms with van der Waals surface area (Å²) in [5.74, 6) is -0.124. The quantitative estimate of drug-likeness (QED) is 0.500. The lowest BCUT2D eigenvalue weighted by Crippen LogP contribution is -2.38. The summed E-state index contributed by atoms with van der Waals surface area (Å²) in [4.78, 5) is 33.2. The van der Waals surface area contributed by atoms with Crippen molar-refractivity contribution in [3.8, 4) is 17.6 Å². The molecule has 5 rings (SSSR count). The van der Waals surface area contributed by atoms with E-state index in [0.29, 0.717) is 37.2 Å². The second-order valence-electron chi connectivity index (χ2n) is 9.26. The van der Waals surface area contributed by atoms with E-state index in [4.69, 9.17) is 9.47 Å². The monoisotopic (exact) mass is 485 g/mol. The van der Waals surface area contributed by atoms with Crippen LogP contribution in [0.4, 0.5) is 11.8 Å². The third-order valence-electron chi connectivity index (χ3n) is 6.50. The SMILES string of the molecule is CC(C)c1ccc(C2c3c(nc(NCc4ccc5c(c4)OCCCO5)[nH]c3=O)NC(=O)C2C#N)cc1. The van der Waals surface area contributed by atoms with Gasteiger partial charge in [0.1, 0.15) is 11.7 Å². The first-order valence-corrected chi connectivity index (χ1v) is 12.0. The van der Waals surface area contributed by atoms with Crippen molar-refractivity contribution in [3.63, 3.8) is 0 Å². The maximum Gasteiger partial charge on any atom is 0.258 e. The summed E-state index contributed by atoms with van der Waals surface area (Å²) in [5.41, 5.74) is 2.64. The Morgan fingerprint density at radius 3 is 2.58 bits per heavy atom. The lowest BCUT2D eigenvalue weighted by atomic mass is 9.79.